The van der Waals surface area contributed by atoms with E-state index in [1.54, 1.807) is 18.2 Å². The van der Waals surface area contributed by atoms with Crippen molar-refractivity contribution in [2.24, 2.45) is 22.9 Å². The zero-order valence-corrected chi connectivity index (χ0v) is 35.9. The Morgan fingerprint density at radius 1 is 1.02 bits per heavy atom. The molecule has 0 radical (unpaired) electrons. The monoisotopic (exact) mass is 858 g/mol. The van der Waals surface area contributed by atoms with Crippen molar-refractivity contribution in [3.05, 3.63) is 108 Å². The van der Waals surface area contributed by atoms with E-state index in [1.807, 2.05) is 43.3 Å². The molecular formula is C46H58N4O10S. The number of oxime groups is 1. The second kappa shape index (κ2) is 20.7. The highest BCUT2D eigenvalue weighted by Crippen LogP contribution is 2.62. The number of carbonyl (C=O) groups is 2. The van der Waals surface area contributed by atoms with E-state index < -0.39 is 33.9 Å². The molecule has 0 bridgehead atoms. The number of nitrogens with one attached hydrogen (secondary N) is 2. The zero-order chi connectivity index (χ0) is 43.6. The van der Waals surface area contributed by atoms with Crippen molar-refractivity contribution in [2.45, 2.75) is 88.0 Å². The van der Waals surface area contributed by atoms with Gasteiger partial charge in [-0.1, -0.05) is 60.5 Å². The summed E-state index contributed by atoms with van der Waals surface area (Å²) in [6, 6.07) is 19.7. The number of likely N-dealkylation sites (N-methyl/N-ethyl adjacent to an activating group) is 1. The van der Waals surface area contributed by atoms with Crippen LogP contribution in [0.1, 0.15) is 75.8 Å². The molecule has 3 aromatic carbocycles. The normalized spacial score (nSPS) is 23.5. The van der Waals surface area contributed by atoms with Crippen LogP contribution in [0.2, 0.25) is 0 Å². The second-order valence-corrected chi connectivity index (χ2v) is 17.6. The minimum Gasteiger partial charge on any atom is -0.460 e. The Morgan fingerprint density at radius 3 is 2.41 bits per heavy atom. The molecular weight excluding hydrogens is 801 g/mol. The van der Waals surface area contributed by atoms with Crippen LogP contribution in [-0.4, -0.2) is 86.0 Å². The van der Waals surface area contributed by atoms with Crippen molar-refractivity contribution in [3.8, 4) is 11.5 Å². The van der Waals surface area contributed by atoms with Gasteiger partial charge >= 0.3 is 6.09 Å². The topological polar surface area (TPSA) is 185 Å². The molecule has 1 heterocycles. The van der Waals surface area contributed by atoms with Gasteiger partial charge in [-0.05, 0) is 98.0 Å². The molecule has 61 heavy (non-hydrogen) atoms. The predicted octanol–water partition coefficient (Wildman–Crippen LogP) is 6.91. The highest BCUT2D eigenvalue weighted by Gasteiger charge is 2.65. The number of sulfonamides is 1. The van der Waals surface area contributed by atoms with E-state index in [1.165, 1.54) is 42.5 Å². The van der Waals surface area contributed by atoms with E-state index in [2.05, 4.69) is 28.4 Å². The summed E-state index contributed by atoms with van der Waals surface area (Å²) in [5.41, 5.74) is 3.50. The standard InChI is InChI=1S/C46H58N4O10S/c1-5-26-57-46-42(50(4)61(55,56)36-21-18-34(19-22-36)48-31(3)53)29-40(49-58-6-2)38-27-33(16-10-12-24-51)37(17-11-13-25-52)43(44(38)46)39-28-35(20-23-41(39)60-46)59-45(54)47-30-32-14-8-7-9-15-32/h5,7-9,14-15,18-23,27-28,33,37,42-44,51-52H,1,6,10-13,16-17,24-26,29-30H2,2-4H3,(H,47,54)(H,48,53). The lowest BCUT2D eigenvalue weighted by Crippen LogP contribution is -2.69. The Kier molecular flexibility index (Phi) is 15.4. The van der Waals surface area contributed by atoms with Crippen LogP contribution in [0.4, 0.5) is 10.5 Å². The van der Waals surface area contributed by atoms with Crippen LogP contribution in [0.15, 0.2) is 107 Å². The van der Waals surface area contributed by atoms with E-state index >= 15 is 0 Å². The van der Waals surface area contributed by atoms with Gasteiger partial charge in [-0.2, -0.15) is 4.31 Å². The van der Waals surface area contributed by atoms with Gasteiger partial charge in [-0.15, -0.1) is 6.58 Å². The number of nitrogens with zero attached hydrogens (tertiary/aromatic N) is 2. The Balaban J connectivity index is 1.51. The van der Waals surface area contributed by atoms with Crippen LogP contribution < -0.4 is 20.1 Å². The number of rotatable bonds is 20. The number of benzene rings is 3. The highest BCUT2D eigenvalue weighted by atomic mass is 32.2. The van der Waals surface area contributed by atoms with Crippen LogP contribution in [0.25, 0.3) is 0 Å². The number of allylic oxidation sites excluding steroid dienone is 1. The third-order valence-corrected chi connectivity index (χ3v) is 13.6. The average molecular weight is 859 g/mol. The maximum Gasteiger partial charge on any atom is 0.412 e. The minimum atomic E-state index is -4.24. The lowest BCUT2D eigenvalue weighted by molar-refractivity contribution is -0.250. The summed E-state index contributed by atoms with van der Waals surface area (Å²) in [6.45, 7) is 7.81. The van der Waals surface area contributed by atoms with Gasteiger partial charge in [-0.3, -0.25) is 4.79 Å². The zero-order valence-electron chi connectivity index (χ0n) is 35.1. The van der Waals surface area contributed by atoms with Gasteiger partial charge in [0.1, 0.15) is 18.1 Å². The van der Waals surface area contributed by atoms with E-state index in [0.29, 0.717) is 48.6 Å². The molecule has 0 aromatic heterocycles. The van der Waals surface area contributed by atoms with Gasteiger partial charge in [0.05, 0.1) is 29.2 Å². The van der Waals surface area contributed by atoms with Crippen molar-refractivity contribution in [1.82, 2.24) is 9.62 Å². The number of unbranched alkanes of at least 4 members (excludes halogenated alkanes) is 2. The molecule has 0 saturated heterocycles. The van der Waals surface area contributed by atoms with E-state index in [9.17, 15) is 28.2 Å². The fourth-order valence-electron chi connectivity index (χ4n) is 9.07. The van der Waals surface area contributed by atoms with Gasteiger partial charge in [0, 0.05) is 57.3 Å². The molecule has 4 N–H and O–H groups in total. The van der Waals surface area contributed by atoms with Crippen molar-refractivity contribution in [2.75, 3.05) is 38.8 Å². The van der Waals surface area contributed by atoms with E-state index in [4.69, 9.17) is 19.0 Å². The third kappa shape index (κ3) is 10.2. The van der Waals surface area contributed by atoms with E-state index in [0.717, 1.165) is 29.5 Å². The van der Waals surface area contributed by atoms with Gasteiger partial charge in [0.25, 0.3) is 0 Å². The average Bonchev–Trinajstić information content (AvgIpc) is 3.25. The van der Waals surface area contributed by atoms with E-state index in [-0.39, 0.29) is 67.9 Å². The minimum absolute atomic E-state index is 0.00201. The SMILES string of the molecule is C=CCOC12Oc3ccc(OC(=O)NCc4ccccc4)cc3C3C(CCCCO)C(CCCCO)C=C(C(=NOCC)CC1N(C)S(=O)(=O)c1ccc(NC(C)=O)cc1)C32. The number of hydrogen-bond acceptors (Lipinski definition) is 11. The molecule has 3 aromatic rings. The van der Waals surface area contributed by atoms with Crippen LogP contribution >= 0.6 is 0 Å². The number of anilines is 1. The molecule has 328 valence electrons. The first kappa shape index (κ1) is 45.5. The Hall–Kier alpha value is -5.06. The number of carbonyl (C=O) groups excluding carboxylic acids is 2. The van der Waals surface area contributed by atoms with Gasteiger partial charge in [0.15, 0.2) is 0 Å². The summed E-state index contributed by atoms with van der Waals surface area (Å²) in [5, 5.41) is 29.9. The molecule has 6 rings (SSSR count). The molecule has 15 heteroatoms. The fourth-order valence-corrected chi connectivity index (χ4v) is 10.4. The number of fused-ring (bicyclic) bond motifs is 2. The van der Waals surface area contributed by atoms with Gasteiger partial charge in [-0.25, -0.2) is 13.2 Å². The molecule has 14 nitrogen and oxygen atoms in total. The first-order valence-electron chi connectivity index (χ1n) is 21.0. The molecule has 2 amide bonds. The number of aliphatic hydroxyl groups excluding tert-OH is 2. The summed E-state index contributed by atoms with van der Waals surface area (Å²) < 4.78 is 50.6. The summed E-state index contributed by atoms with van der Waals surface area (Å²) in [4.78, 5) is 30.7. The van der Waals surface area contributed by atoms with Crippen LogP contribution in [-0.2, 0) is 30.9 Å². The Morgan fingerprint density at radius 2 is 1.74 bits per heavy atom. The van der Waals surface area contributed by atoms with Crippen LogP contribution in [0, 0.1) is 17.8 Å². The smallest absolute Gasteiger partial charge is 0.412 e. The fraction of sp³-hybridized carbons (Fsp3) is 0.457. The number of hydrogen-bond donors (Lipinski definition) is 4. The van der Waals surface area contributed by atoms with Crippen LogP contribution in [0.5, 0.6) is 11.5 Å². The largest absolute Gasteiger partial charge is 0.460 e. The van der Waals surface area contributed by atoms with Crippen molar-refractivity contribution in [3.63, 3.8) is 0 Å². The maximum atomic E-state index is 14.7. The molecule has 1 aliphatic heterocycles. The summed E-state index contributed by atoms with van der Waals surface area (Å²) in [7, 11) is -2.74. The maximum absolute atomic E-state index is 14.7. The number of aliphatic hydroxyl groups is 2. The first-order valence-corrected chi connectivity index (χ1v) is 22.5. The Bertz CT molecular complexity index is 2160. The highest BCUT2D eigenvalue weighted by molar-refractivity contribution is 7.89. The Labute approximate surface area is 358 Å². The summed E-state index contributed by atoms with van der Waals surface area (Å²) in [5.74, 6) is -2.29. The third-order valence-electron chi connectivity index (χ3n) is 11.7. The molecule has 3 aliphatic rings. The van der Waals surface area contributed by atoms with Crippen molar-refractivity contribution < 1.29 is 47.3 Å². The molecule has 1 saturated carbocycles. The number of ether oxygens (including phenoxy) is 3. The van der Waals surface area contributed by atoms with Crippen molar-refractivity contribution >= 4 is 33.4 Å². The summed E-state index contributed by atoms with van der Waals surface area (Å²) in [6.07, 6.45) is 7.38. The molecule has 0 spiro atoms. The van der Waals surface area contributed by atoms with Gasteiger partial charge < -0.3 is 39.9 Å². The predicted molar refractivity (Wildman–Crippen MR) is 232 cm³/mol. The molecule has 6 unspecified atom stereocenters. The quantitative estimate of drug-likeness (QED) is 0.0529. The first-order chi connectivity index (χ1) is 29.5. The summed E-state index contributed by atoms with van der Waals surface area (Å²) >= 11 is 0. The lowest BCUT2D eigenvalue weighted by Gasteiger charge is -2.59. The molecule has 6 atom stereocenters. The number of amides is 2. The lowest BCUT2D eigenvalue weighted by atomic mass is 9.55. The van der Waals surface area contributed by atoms with Crippen LogP contribution in [0.3, 0.4) is 0 Å². The van der Waals surface area contributed by atoms with Crippen molar-refractivity contribution in [1.29, 1.82) is 0 Å². The second-order valence-electron chi connectivity index (χ2n) is 15.6. The van der Waals surface area contributed by atoms with Gasteiger partial charge in [0.2, 0.25) is 21.7 Å². The molecule has 2 aliphatic carbocycles. The molecule has 1 fully saturated rings.